The molecule has 0 amide bonds. The lowest BCUT2D eigenvalue weighted by atomic mass is 10.2. The summed E-state index contributed by atoms with van der Waals surface area (Å²) in [5.41, 5.74) is 6.67. The summed E-state index contributed by atoms with van der Waals surface area (Å²) in [5, 5.41) is 0. The van der Waals surface area contributed by atoms with Crippen molar-refractivity contribution < 1.29 is 8.42 Å². The Kier molecular flexibility index (Phi) is 4.47. The van der Waals surface area contributed by atoms with Gasteiger partial charge in [-0.25, -0.2) is 8.42 Å². The van der Waals surface area contributed by atoms with Gasteiger partial charge in [-0.05, 0) is 50.1 Å². The van der Waals surface area contributed by atoms with Crippen LogP contribution < -0.4 is 10.6 Å². The number of anilines is 1. The second-order valence-corrected chi connectivity index (χ2v) is 7.24. The highest BCUT2D eigenvalue weighted by Crippen LogP contribution is 2.32. The van der Waals surface area contributed by atoms with Gasteiger partial charge in [-0.1, -0.05) is 6.92 Å². The smallest absolute Gasteiger partial charge is 0.178 e. The molecule has 0 spiro atoms. The summed E-state index contributed by atoms with van der Waals surface area (Å²) in [4.78, 5) is 2.75. The number of rotatable bonds is 7. The average Bonchev–Trinajstić information content (AvgIpc) is 3.24. The maximum absolute atomic E-state index is 11.8. The van der Waals surface area contributed by atoms with E-state index in [-0.39, 0.29) is 5.75 Å². The maximum Gasteiger partial charge on any atom is 0.178 e. The van der Waals surface area contributed by atoms with E-state index in [0.29, 0.717) is 17.5 Å². The SMILES string of the molecule is CCS(=O)(=O)c1ccc(N(CCCN)C2CC2)cc1. The van der Waals surface area contributed by atoms with Gasteiger partial charge in [0.2, 0.25) is 0 Å². The van der Waals surface area contributed by atoms with Crippen molar-refractivity contribution in [1.29, 1.82) is 0 Å². The minimum absolute atomic E-state index is 0.145. The Morgan fingerprint density at radius 2 is 1.89 bits per heavy atom. The first-order chi connectivity index (χ1) is 9.08. The summed E-state index contributed by atoms with van der Waals surface area (Å²) in [6, 6.07) is 7.87. The Labute approximate surface area is 115 Å². The van der Waals surface area contributed by atoms with Crippen LogP contribution in [0, 0.1) is 0 Å². The van der Waals surface area contributed by atoms with Gasteiger partial charge in [0, 0.05) is 18.3 Å². The highest BCUT2D eigenvalue weighted by molar-refractivity contribution is 7.91. The van der Waals surface area contributed by atoms with Crippen LogP contribution in [0.15, 0.2) is 29.2 Å². The van der Waals surface area contributed by atoms with Gasteiger partial charge >= 0.3 is 0 Å². The molecule has 0 heterocycles. The molecule has 2 N–H and O–H groups in total. The van der Waals surface area contributed by atoms with E-state index in [1.54, 1.807) is 19.1 Å². The first-order valence-corrected chi connectivity index (χ1v) is 8.53. The van der Waals surface area contributed by atoms with E-state index in [1.807, 2.05) is 12.1 Å². The predicted molar refractivity (Wildman–Crippen MR) is 78.2 cm³/mol. The number of benzene rings is 1. The van der Waals surface area contributed by atoms with Crippen molar-refractivity contribution in [2.75, 3.05) is 23.7 Å². The van der Waals surface area contributed by atoms with Gasteiger partial charge in [-0.3, -0.25) is 0 Å². The second-order valence-electron chi connectivity index (χ2n) is 4.96. The van der Waals surface area contributed by atoms with Crippen molar-refractivity contribution in [2.24, 2.45) is 5.73 Å². The lowest BCUT2D eigenvalue weighted by Crippen LogP contribution is -2.28. The minimum atomic E-state index is -3.10. The van der Waals surface area contributed by atoms with Gasteiger partial charge < -0.3 is 10.6 Å². The maximum atomic E-state index is 11.8. The molecule has 0 bridgehead atoms. The van der Waals surface area contributed by atoms with Crippen LogP contribution in [0.1, 0.15) is 26.2 Å². The van der Waals surface area contributed by atoms with Crippen LogP contribution in [0.4, 0.5) is 5.69 Å². The van der Waals surface area contributed by atoms with Gasteiger partial charge in [0.15, 0.2) is 9.84 Å². The van der Waals surface area contributed by atoms with E-state index in [9.17, 15) is 8.42 Å². The van der Waals surface area contributed by atoms with E-state index in [1.165, 1.54) is 12.8 Å². The van der Waals surface area contributed by atoms with Crippen LogP contribution in [0.2, 0.25) is 0 Å². The molecular weight excluding hydrogens is 260 g/mol. The molecule has 19 heavy (non-hydrogen) atoms. The molecule has 5 heteroatoms. The van der Waals surface area contributed by atoms with E-state index in [2.05, 4.69) is 4.90 Å². The van der Waals surface area contributed by atoms with Crippen LogP contribution in [-0.4, -0.2) is 33.3 Å². The van der Waals surface area contributed by atoms with Crippen molar-refractivity contribution in [3.05, 3.63) is 24.3 Å². The first kappa shape index (κ1) is 14.3. The molecule has 2 rings (SSSR count). The third-order valence-electron chi connectivity index (χ3n) is 3.50. The quantitative estimate of drug-likeness (QED) is 0.828. The van der Waals surface area contributed by atoms with Crippen LogP contribution in [0.5, 0.6) is 0 Å². The molecule has 0 unspecified atom stereocenters. The van der Waals surface area contributed by atoms with E-state index in [0.717, 1.165) is 18.7 Å². The lowest BCUT2D eigenvalue weighted by molar-refractivity contribution is 0.597. The number of sulfone groups is 1. The Balaban J connectivity index is 2.16. The molecule has 0 radical (unpaired) electrons. The third kappa shape index (κ3) is 3.48. The van der Waals surface area contributed by atoms with E-state index >= 15 is 0 Å². The predicted octanol–water partition coefficient (Wildman–Crippen LogP) is 1.80. The highest BCUT2D eigenvalue weighted by Gasteiger charge is 2.28. The molecule has 0 aromatic heterocycles. The fourth-order valence-electron chi connectivity index (χ4n) is 2.18. The Hall–Kier alpha value is -1.07. The summed E-state index contributed by atoms with van der Waals surface area (Å²) < 4.78 is 23.5. The van der Waals surface area contributed by atoms with Crippen molar-refractivity contribution in [2.45, 2.75) is 37.1 Å². The molecule has 4 nitrogen and oxygen atoms in total. The Morgan fingerprint density at radius 3 is 2.37 bits per heavy atom. The van der Waals surface area contributed by atoms with Gasteiger partial charge in [0.05, 0.1) is 10.6 Å². The summed E-state index contributed by atoms with van der Waals surface area (Å²) in [6.07, 6.45) is 3.41. The topological polar surface area (TPSA) is 63.4 Å². The molecule has 1 fully saturated rings. The molecule has 1 saturated carbocycles. The molecule has 0 atom stereocenters. The van der Waals surface area contributed by atoms with Crippen molar-refractivity contribution in [3.63, 3.8) is 0 Å². The number of hydrogen-bond acceptors (Lipinski definition) is 4. The zero-order valence-corrected chi connectivity index (χ0v) is 12.2. The fraction of sp³-hybridized carbons (Fsp3) is 0.571. The summed E-state index contributed by atoms with van der Waals surface area (Å²) >= 11 is 0. The molecule has 106 valence electrons. The van der Waals surface area contributed by atoms with Crippen molar-refractivity contribution >= 4 is 15.5 Å². The zero-order valence-electron chi connectivity index (χ0n) is 11.4. The van der Waals surface area contributed by atoms with Crippen LogP contribution >= 0.6 is 0 Å². The minimum Gasteiger partial charge on any atom is -0.368 e. The molecule has 1 aromatic carbocycles. The van der Waals surface area contributed by atoms with Gasteiger partial charge in [-0.15, -0.1) is 0 Å². The highest BCUT2D eigenvalue weighted by atomic mass is 32.2. The standard InChI is InChI=1S/C14H22N2O2S/c1-2-19(17,18)14-8-6-13(7-9-14)16(11-3-10-15)12-4-5-12/h6-9,12H,2-5,10-11,15H2,1H3. The second kappa shape index (κ2) is 5.92. The van der Waals surface area contributed by atoms with Crippen LogP contribution in [0.3, 0.4) is 0 Å². The third-order valence-corrected chi connectivity index (χ3v) is 5.25. The van der Waals surface area contributed by atoms with E-state index in [4.69, 9.17) is 5.73 Å². The van der Waals surface area contributed by atoms with Gasteiger partial charge in [0.25, 0.3) is 0 Å². The molecule has 1 aliphatic rings. The molecule has 1 aromatic rings. The molecule has 0 aliphatic heterocycles. The van der Waals surface area contributed by atoms with Gasteiger partial charge in [-0.2, -0.15) is 0 Å². The summed E-state index contributed by atoms with van der Waals surface area (Å²) in [5.74, 6) is 0.145. The summed E-state index contributed by atoms with van der Waals surface area (Å²) in [7, 11) is -3.10. The van der Waals surface area contributed by atoms with Gasteiger partial charge in [0.1, 0.15) is 0 Å². The lowest BCUT2D eigenvalue weighted by Gasteiger charge is -2.24. The van der Waals surface area contributed by atoms with Crippen LogP contribution in [-0.2, 0) is 9.84 Å². The van der Waals surface area contributed by atoms with E-state index < -0.39 is 9.84 Å². The Morgan fingerprint density at radius 1 is 1.26 bits per heavy atom. The molecule has 1 aliphatic carbocycles. The number of hydrogen-bond donors (Lipinski definition) is 1. The molecular formula is C14H22N2O2S. The summed E-state index contributed by atoms with van der Waals surface area (Å²) in [6.45, 7) is 3.30. The monoisotopic (exact) mass is 282 g/mol. The normalized spacial score (nSPS) is 15.5. The largest absolute Gasteiger partial charge is 0.368 e. The van der Waals surface area contributed by atoms with Crippen molar-refractivity contribution in [3.8, 4) is 0 Å². The van der Waals surface area contributed by atoms with Crippen LogP contribution in [0.25, 0.3) is 0 Å². The average molecular weight is 282 g/mol. The van der Waals surface area contributed by atoms with Crippen molar-refractivity contribution in [1.82, 2.24) is 0 Å². The Bertz CT molecular complexity index is 507. The number of nitrogens with zero attached hydrogens (tertiary/aromatic N) is 1. The fourth-order valence-corrected chi connectivity index (χ4v) is 3.07. The first-order valence-electron chi connectivity index (χ1n) is 6.88. The molecule has 0 saturated heterocycles. The zero-order chi connectivity index (χ0) is 13.9. The number of nitrogens with two attached hydrogens (primary N) is 1.